The molecule has 0 saturated carbocycles. The van der Waals surface area contributed by atoms with Gasteiger partial charge in [0.2, 0.25) is 0 Å². The Kier molecular flexibility index (Phi) is 3.81. The predicted octanol–water partition coefficient (Wildman–Crippen LogP) is 3.00. The van der Waals surface area contributed by atoms with Crippen LogP contribution < -0.4 is 5.32 Å². The van der Waals surface area contributed by atoms with Crippen LogP contribution in [0.1, 0.15) is 22.8 Å². The van der Waals surface area contributed by atoms with Gasteiger partial charge in [-0.1, -0.05) is 22.9 Å². The van der Waals surface area contributed by atoms with E-state index in [9.17, 15) is 4.79 Å². The molecule has 0 spiro atoms. The molecule has 1 amide bonds. The fourth-order valence-electron chi connectivity index (χ4n) is 1.71. The molecule has 5 heteroatoms. The van der Waals surface area contributed by atoms with Gasteiger partial charge in [0.15, 0.2) is 0 Å². The molecule has 0 aliphatic heterocycles. The number of rotatable bonds is 3. The molecule has 0 bridgehead atoms. The topological polar surface area (TPSA) is 46.9 Å². The molecule has 18 heavy (non-hydrogen) atoms. The van der Waals surface area contributed by atoms with Crippen LogP contribution in [0.15, 0.2) is 35.1 Å². The zero-order valence-corrected chi connectivity index (χ0v) is 11.9. The molecule has 0 aliphatic carbocycles. The molecule has 1 heterocycles. The van der Waals surface area contributed by atoms with Gasteiger partial charge in [0.1, 0.15) is 0 Å². The van der Waals surface area contributed by atoms with E-state index in [1.54, 1.807) is 24.1 Å². The first kappa shape index (κ1) is 12.8. The lowest BCUT2D eigenvalue weighted by molar-refractivity contribution is 0.102. The fourth-order valence-corrected chi connectivity index (χ4v) is 2.12. The minimum Gasteiger partial charge on any atom is -0.322 e. The number of carbonyl (C=O) groups is 1. The summed E-state index contributed by atoms with van der Waals surface area (Å²) in [5, 5.41) is 6.89. The molecule has 0 saturated heterocycles. The Morgan fingerprint density at radius 3 is 2.89 bits per heavy atom. The lowest BCUT2D eigenvalue weighted by atomic mass is 10.1. The molecule has 0 aliphatic rings. The third-order valence-electron chi connectivity index (χ3n) is 2.66. The van der Waals surface area contributed by atoms with E-state index in [0.29, 0.717) is 5.56 Å². The number of anilines is 1. The van der Waals surface area contributed by atoms with E-state index in [1.807, 2.05) is 18.2 Å². The Bertz CT molecular complexity index is 577. The van der Waals surface area contributed by atoms with Gasteiger partial charge >= 0.3 is 0 Å². The van der Waals surface area contributed by atoms with Gasteiger partial charge in [-0.05, 0) is 30.2 Å². The highest BCUT2D eigenvalue weighted by atomic mass is 79.9. The minimum atomic E-state index is -0.139. The third kappa shape index (κ3) is 2.79. The van der Waals surface area contributed by atoms with E-state index in [2.05, 4.69) is 33.3 Å². The Morgan fingerprint density at radius 1 is 1.50 bits per heavy atom. The van der Waals surface area contributed by atoms with Crippen molar-refractivity contribution in [1.82, 2.24) is 9.78 Å². The van der Waals surface area contributed by atoms with Crippen molar-refractivity contribution in [1.29, 1.82) is 0 Å². The highest BCUT2D eigenvalue weighted by Crippen LogP contribution is 2.22. The molecule has 0 fully saturated rings. The van der Waals surface area contributed by atoms with E-state index < -0.39 is 0 Å². The molecule has 2 rings (SSSR count). The van der Waals surface area contributed by atoms with Crippen molar-refractivity contribution in [2.45, 2.75) is 13.3 Å². The summed E-state index contributed by atoms with van der Waals surface area (Å²) in [4.78, 5) is 12.0. The maximum Gasteiger partial charge on any atom is 0.258 e. The van der Waals surface area contributed by atoms with Gasteiger partial charge in [-0.3, -0.25) is 9.48 Å². The number of hydrogen-bond donors (Lipinski definition) is 1. The normalized spacial score (nSPS) is 10.4. The molecule has 1 N–H and O–H groups in total. The van der Waals surface area contributed by atoms with Crippen molar-refractivity contribution in [3.05, 3.63) is 46.2 Å². The fraction of sp³-hybridized carbons (Fsp3) is 0.231. The summed E-state index contributed by atoms with van der Waals surface area (Å²) in [5.74, 6) is -0.139. The number of carbonyl (C=O) groups excluding carboxylic acids is 1. The van der Waals surface area contributed by atoms with Crippen LogP contribution in [-0.2, 0) is 13.5 Å². The summed E-state index contributed by atoms with van der Waals surface area (Å²) in [6.07, 6.45) is 4.11. The van der Waals surface area contributed by atoms with Crippen LogP contribution >= 0.6 is 15.9 Å². The Labute approximate surface area is 114 Å². The number of halogens is 1. The van der Waals surface area contributed by atoms with Crippen LogP contribution in [0.25, 0.3) is 0 Å². The first-order valence-corrected chi connectivity index (χ1v) is 6.48. The Hall–Kier alpha value is -1.62. The molecule has 0 radical (unpaired) electrons. The summed E-state index contributed by atoms with van der Waals surface area (Å²) in [5.41, 5.74) is 2.50. The van der Waals surface area contributed by atoms with Gasteiger partial charge in [-0.25, -0.2) is 0 Å². The molecular formula is C13H14BrN3O. The highest BCUT2D eigenvalue weighted by Gasteiger charge is 2.10. The first-order valence-electron chi connectivity index (χ1n) is 5.68. The van der Waals surface area contributed by atoms with E-state index in [1.165, 1.54) is 0 Å². The number of hydrogen-bond acceptors (Lipinski definition) is 2. The Morgan fingerprint density at radius 2 is 2.28 bits per heavy atom. The maximum absolute atomic E-state index is 12.0. The standard InChI is InChI=1S/C13H14BrN3O/c1-3-9-6-11(14)4-5-12(9)16-13(18)10-7-15-17(2)8-10/h4-8H,3H2,1-2H3,(H,16,18). The van der Waals surface area contributed by atoms with Crippen molar-refractivity contribution in [3.8, 4) is 0 Å². The van der Waals surface area contributed by atoms with E-state index in [-0.39, 0.29) is 5.91 Å². The first-order chi connectivity index (χ1) is 8.60. The van der Waals surface area contributed by atoms with Crippen LogP contribution in [-0.4, -0.2) is 15.7 Å². The summed E-state index contributed by atoms with van der Waals surface area (Å²) in [6, 6.07) is 5.83. The van der Waals surface area contributed by atoms with Crippen molar-refractivity contribution in [2.24, 2.45) is 7.05 Å². The average Bonchev–Trinajstić information content (AvgIpc) is 2.78. The average molecular weight is 308 g/mol. The highest BCUT2D eigenvalue weighted by molar-refractivity contribution is 9.10. The lowest BCUT2D eigenvalue weighted by Crippen LogP contribution is -2.12. The van der Waals surface area contributed by atoms with Crippen LogP contribution in [0.4, 0.5) is 5.69 Å². The van der Waals surface area contributed by atoms with Crippen molar-refractivity contribution >= 4 is 27.5 Å². The van der Waals surface area contributed by atoms with Crippen molar-refractivity contribution < 1.29 is 4.79 Å². The van der Waals surface area contributed by atoms with Crippen molar-refractivity contribution in [2.75, 3.05) is 5.32 Å². The zero-order valence-electron chi connectivity index (χ0n) is 10.3. The number of nitrogens with one attached hydrogen (secondary N) is 1. The van der Waals surface area contributed by atoms with Crippen LogP contribution in [0, 0.1) is 0 Å². The maximum atomic E-state index is 12.0. The lowest BCUT2D eigenvalue weighted by Gasteiger charge is -2.09. The monoisotopic (exact) mass is 307 g/mol. The molecule has 0 atom stereocenters. The molecule has 4 nitrogen and oxygen atoms in total. The molecule has 1 aromatic heterocycles. The third-order valence-corrected chi connectivity index (χ3v) is 3.16. The summed E-state index contributed by atoms with van der Waals surface area (Å²) < 4.78 is 2.62. The number of aryl methyl sites for hydroxylation is 2. The van der Waals surface area contributed by atoms with Gasteiger partial charge in [-0.15, -0.1) is 0 Å². The zero-order chi connectivity index (χ0) is 13.1. The van der Waals surface area contributed by atoms with Gasteiger partial charge in [-0.2, -0.15) is 5.10 Å². The van der Waals surface area contributed by atoms with Crippen LogP contribution in [0.5, 0.6) is 0 Å². The molecule has 94 valence electrons. The smallest absolute Gasteiger partial charge is 0.258 e. The summed E-state index contributed by atoms with van der Waals surface area (Å²) in [7, 11) is 1.79. The number of aromatic nitrogens is 2. The second kappa shape index (κ2) is 5.35. The Balaban J connectivity index is 2.21. The van der Waals surface area contributed by atoms with Gasteiger partial charge in [0.05, 0.1) is 11.8 Å². The second-order valence-electron chi connectivity index (χ2n) is 4.01. The largest absolute Gasteiger partial charge is 0.322 e. The van der Waals surface area contributed by atoms with Crippen molar-refractivity contribution in [3.63, 3.8) is 0 Å². The van der Waals surface area contributed by atoms with E-state index in [0.717, 1.165) is 22.1 Å². The van der Waals surface area contributed by atoms with E-state index >= 15 is 0 Å². The van der Waals surface area contributed by atoms with Gasteiger partial charge < -0.3 is 5.32 Å². The van der Waals surface area contributed by atoms with E-state index in [4.69, 9.17) is 0 Å². The second-order valence-corrected chi connectivity index (χ2v) is 4.93. The quantitative estimate of drug-likeness (QED) is 0.947. The van der Waals surface area contributed by atoms with Crippen LogP contribution in [0.2, 0.25) is 0 Å². The van der Waals surface area contributed by atoms with Gasteiger partial charge in [0, 0.05) is 23.4 Å². The number of benzene rings is 1. The number of amides is 1. The summed E-state index contributed by atoms with van der Waals surface area (Å²) in [6.45, 7) is 2.06. The van der Waals surface area contributed by atoms with Crippen LogP contribution in [0.3, 0.4) is 0 Å². The molecule has 0 unspecified atom stereocenters. The molecule has 1 aromatic carbocycles. The molecular weight excluding hydrogens is 294 g/mol. The SMILES string of the molecule is CCc1cc(Br)ccc1NC(=O)c1cnn(C)c1. The molecule has 2 aromatic rings. The predicted molar refractivity (Wildman–Crippen MR) is 74.7 cm³/mol. The van der Waals surface area contributed by atoms with Gasteiger partial charge in [0.25, 0.3) is 5.91 Å². The minimum absolute atomic E-state index is 0.139. The summed E-state index contributed by atoms with van der Waals surface area (Å²) >= 11 is 3.43. The number of nitrogens with zero attached hydrogens (tertiary/aromatic N) is 2.